The Morgan fingerprint density at radius 2 is 2.07 bits per heavy atom. The van der Waals surface area contributed by atoms with Gasteiger partial charge in [-0.2, -0.15) is 5.26 Å². The van der Waals surface area contributed by atoms with Crippen molar-refractivity contribution in [1.82, 2.24) is 15.3 Å². The average Bonchev–Trinajstić information content (AvgIpc) is 2.76. The second-order valence-electron chi connectivity index (χ2n) is 6.56. The fourth-order valence-electron chi connectivity index (χ4n) is 3.26. The maximum Gasteiger partial charge on any atom is 0.142 e. The summed E-state index contributed by atoms with van der Waals surface area (Å²) in [6.45, 7) is 2.23. The Kier molecular flexibility index (Phi) is 5.65. The lowest BCUT2D eigenvalue weighted by Gasteiger charge is -2.23. The van der Waals surface area contributed by atoms with Crippen LogP contribution in [0.3, 0.4) is 0 Å². The van der Waals surface area contributed by atoms with Crippen molar-refractivity contribution in [3.05, 3.63) is 63.9 Å². The number of nitrogens with one attached hydrogen (secondary N) is 1. The van der Waals surface area contributed by atoms with E-state index in [1.807, 2.05) is 12.1 Å². The number of halogens is 2. The van der Waals surface area contributed by atoms with E-state index in [2.05, 4.69) is 21.4 Å². The minimum Gasteiger partial charge on any atom is -0.383 e. The molecule has 0 amide bonds. The van der Waals surface area contributed by atoms with Crippen molar-refractivity contribution in [1.29, 1.82) is 5.26 Å². The molecule has 6 nitrogen and oxygen atoms in total. The molecule has 0 bridgehead atoms. The van der Waals surface area contributed by atoms with E-state index in [1.54, 1.807) is 30.5 Å². The summed E-state index contributed by atoms with van der Waals surface area (Å²) in [7, 11) is 0. The van der Waals surface area contributed by atoms with Crippen molar-refractivity contribution in [2.45, 2.75) is 6.10 Å². The molecule has 8 heteroatoms. The zero-order valence-corrected chi connectivity index (χ0v) is 16.8. The highest BCUT2D eigenvalue weighted by Gasteiger charge is 2.19. The molecule has 1 aromatic carbocycles. The quantitative estimate of drug-likeness (QED) is 0.651. The van der Waals surface area contributed by atoms with E-state index >= 15 is 0 Å². The first-order chi connectivity index (χ1) is 14.1. The van der Waals surface area contributed by atoms with E-state index in [1.165, 1.54) is 0 Å². The average molecular weight is 426 g/mol. The molecule has 29 heavy (non-hydrogen) atoms. The summed E-state index contributed by atoms with van der Waals surface area (Å²) >= 11 is 12.5. The number of rotatable bonds is 3. The van der Waals surface area contributed by atoms with Crippen LogP contribution in [0, 0.1) is 11.3 Å². The van der Waals surface area contributed by atoms with Gasteiger partial charge >= 0.3 is 0 Å². The van der Waals surface area contributed by atoms with Gasteiger partial charge in [-0.1, -0.05) is 35.3 Å². The van der Waals surface area contributed by atoms with Crippen LogP contribution < -0.4 is 11.1 Å². The van der Waals surface area contributed by atoms with Gasteiger partial charge in [0.25, 0.3) is 0 Å². The first kappa shape index (κ1) is 19.6. The monoisotopic (exact) mass is 425 g/mol. The summed E-state index contributed by atoms with van der Waals surface area (Å²) < 4.78 is 5.74. The van der Waals surface area contributed by atoms with Crippen molar-refractivity contribution in [3.8, 4) is 28.5 Å². The minimum absolute atomic E-state index is 0.0716. The molecule has 1 aliphatic heterocycles. The van der Waals surface area contributed by atoms with Crippen LogP contribution in [0.1, 0.15) is 17.4 Å². The minimum atomic E-state index is -0.0716. The molecule has 1 unspecified atom stereocenters. The summed E-state index contributed by atoms with van der Waals surface area (Å²) in [6.07, 6.45) is 1.66. The number of aromatic nitrogens is 2. The molecule has 0 radical (unpaired) electrons. The Balaban J connectivity index is 1.76. The molecule has 4 rings (SSSR count). The van der Waals surface area contributed by atoms with Gasteiger partial charge in [0, 0.05) is 36.0 Å². The number of ether oxygens (including phenoxy) is 1. The van der Waals surface area contributed by atoms with Gasteiger partial charge in [0.05, 0.1) is 28.0 Å². The van der Waals surface area contributed by atoms with Crippen LogP contribution in [0.15, 0.2) is 42.6 Å². The van der Waals surface area contributed by atoms with E-state index in [-0.39, 0.29) is 17.5 Å². The Morgan fingerprint density at radius 3 is 2.76 bits per heavy atom. The molecule has 3 heterocycles. The van der Waals surface area contributed by atoms with Crippen LogP contribution >= 0.6 is 23.2 Å². The van der Waals surface area contributed by atoms with E-state index in [4.69, 9.17) is 33.7 Å². The Hall–Kier alpha value is -2.69. The third kappa shape index (κ3) is 3.91. The molecule has 2 aromatic heterocycles. The van der Waals surface area contributed by atoms with Gasteiger partial charge in [-0.15, -0.1) is 0 Å². The lowest BCUT2D eigenvalue weighted by atomic mass is 9.98. The van der Waals surface area contributed by atoms with Gasteiger partial charge in [-0.25, -0.2) is 4.98 Å². The van der Waals surface area contributed by atoms with Crippen molar-refractivity contribution in [3.63, 3.8) is 0 Å². The number of hydrogen-bond donors (Lipinski definition) is 2. The number of nitriles is 1. The highest BCUT2D eigenvalue weighted by Crippen LogP contribution is 2.38. The van der Waals surface area contributed by atoms with Crippen LogP contribution in [0.25, 0.3) is 22.4 Å². The predicted molar refractivity (Wildman–Crippen MR) is 114 cm³/mol. The van der Waals surface area contributed by atoms with Gasteiger partial charge in [-0.3, -0.25) is 4.98 Å². The second-order valence-corrected chi connectivity index (χ2v) is 7.35. The number of pyridine rings is 2. The Labute approximate surface area is 178 Å². The number of nitrogens with two attached hydrogens (primary N) is 1. The molecule has 1 saturated heterocycles. The third-order valence-electron chi connectivity index (χ3n) is 4.74. The standard InChI is InChI=1S/C21H17Cl2N5O/c22-16-3-1-2-13(20(16)23)14-8-18(28-21(25)15(14)9-24)12-4-5-17(27-10-12)19-11-26-6-7-29-19/h1-5,8,10,19,26H,6-7,11H2,(H2,25,28). The van der Waals surface area contributed by atoms with E-state index in [0.29, 0.717) is 33.5 Å². The maximum atomic E-state index is 9.58. The third-order valence-corrected chi connectivity index (χ3v) is 5.56. The smallest absolute Gasteiger partial charge is 0.142 e. The van der Waals surface area contributed by atoms with Gasteiger partial charge in [0.2, 0.25) is 0 Å². The molecule has 1 fully saturated rings. The lowest BCUT2D eigenvalue weighted by Crippen LogP contribution is -2.33. The zero-order chi connectivity index (χ0) is 20.4. The number of morpholine rings is 1. The second kappa shape index (κ2) is 8.36. The van der Waals surface area contributed by atoms with Crippen LogP contribution in [-0.2, 0) is 4.74 Å². The number of nitrogens with zero attached hydrogens (tertiary/aromatic N) is 3. The van der Waals surface area contributed by atoms with Crippen molar-refractivity contribution in [2.75, 3.05) is 25.4 Å². The largest absolute Gasteiger partial charge is 0.383 e. The first-order valence-corrected chi connectivity index (χ1v) is 9.77. The van der Waals surface area contributed by atoms with Crippen LogP contribution in [0.4, 0.5) is 5.82 Å². The molecule has 3 N–H and O–H groups in total. The molecule has 0 spiro atoms. The number of benzene rings is 1. The molecule has 3 aromatic rings. The highest BCUT2D eigenvalue weighted by molar-refractivity contribution is 6.43. The molecule has 1 atom stereocenters. The molecule has 0 saturated carbocycles. The summed E-state index contributed by atoms with van der Waals surface area (Å²) in [5.74, 6) is 0.125. The number of nitrogen functional groups attached to an aromatic ring is 1. The normalized spacial score (nSPS) is 16.4. The summed E-state index contributed by atoms with van der Waals surface area (Å²) in [5.41, 5.74) is 9.75. The van der Waals surface area contributed by atoms with Crippen LogP contribution in [-0.4, -0.2) is 29.7 Å². The zero-order valence-electron chi connectivity index (χ0n) is 15.3. The topological polar surface area (TPSA) is 96.8 Å². The Bertz CT molecular complexity index is 1090. The Morgan fingerprint density at radius 1 is 1.21 bits per heavy atom. The molecule has 0 aliphatic carbocycles. The summed E-state index contributed by atoms with van der Waals surface area (Å²) in [5, 5.41) is 13.6. The van der Waals surface area contributed by atoms with Gasteiger partial charge in [0.15, 0.2) is 0 Å². The predicted octanol–water partition coefficient (Wildman–Crippen LogP) is 4.23. The lowest BCUT2D eigenvalue weighted by molar-refractivity contribution is 0.0250. The highest BCUT2D eigenvalue weighted by atomic mass is 35.5. The fraction of sp³-hybridized carbons (Fsp3) is 0.190. The summed E-state index contributed by atoms with van der Waals surface area (Å²) in [4.78, 5) is 8.92. The van der Waals surface area contributed by atoms with E-state index < -0.39 is 0 Å². The maximum absolute atomic E-state index is 9.58. The molecule has 1 aliphatic rings. The summed E-state index contributed by atoms with van der Waals surface area (Å²) in [6, 6.07) is 13.0. The fourth-order valence-corrected chi connectivity index (χ4v) is 3.66. The SMILES string of the molecule is N#Cc1c(-c2cccc(Cl)c2Cl)cc(-c2ccc(C3CNCCO3)nc2)nc1N. The molecular weight excluding hydrogens is 409 g/mol. The van der Waals surface area contributed by atoms with Crippen LogP contribution in [0.2, 0.25) is 10.0 Å². The molecule has 146 valence electrons. The van der Waals surface area contributed by atoms with Gasteiger partial charge in [-0.05, 0) is 24.3 Å². The van der Waals surface area contributed by atoms with Gasteiger partial charge < -0.3 is 15.8 Å². The number of hydrogen-bond acceptors (Lipinski definition) is 6. The van der Waals surface area contributed by atoms with Crippen molar-refractivity contribution < 1.29 is 4.74 Å². The van der Waals surface area contributed by atoms with E-state index in [9.17, 15) is 5.26 Å². The first-order valence-electron chi connectivity index (χ1n) is 9.02. The van der Waals surface area contributed by atoms with Gasteiger partial charge in [0.1, 0.15) is 23.6 Å². The van der Waals surface area contributed by atoms with Crippen molar-refractivity contribution in [2.24, 2.45) is 0 Å². The van der Waals surface area contributed by atoms with E-state index in [0.717, 1.165) is 24.3 Å². The molecular formula is C21H17Cl2N5O. The van der Waals surface area contributed by atoms with Crippen LogP contribution in [0.5, 0.6) is 0 Å². The van der Waals surface area contributed by atoms with Crippen molar-refractivity contribution >= 4 is 29.0 Å². The number of anilines is 1.